The molecule has 0 saturated heterocycles. The Morgan fingerprint density at radius 3 is 2.41 bits per heavy atom. The van der Waals surface area contributed by atoms with Crippen LogP contribution >= 0.6 is 11.8 Å². The van der Waals surface area contributed by atoms with Crippen LogP contribution in [0, 0.1) is 0 Å². The number of carbonyl (C=O) groups is 1. The number of benzene rings is 1. The molecule has 0 aromatic heterocycles. The first-order valence-corrected chi connectivity index (χ1v) is 8.89. The second-order valence-electron chi connectivity index (χ2n) is 6.23. The number of rotatable bonds is 7. The molecule has 0 radical (unpaired) electrons. The predicted octanol–water partition coefficient (Wildman–Crippen LogP) is 3.80. The first-order valence-electron chi connectivity index (χ1n) is 7.67. The molecule has 1 aromatic rings. The van der Waals surface area contributed by atoms with E-state index in [0.29, 0.717) is 0 Å². The van der Waals surface area contributed by atoms with Crippen molar-refractivity contribution >= 4 is 17.9 Å². The van der Waals surface area contributed by atoms with Crippen molar-refractivity contribution in [3.8, 4) is 0 Å². The van der Waals surface area contributed by atoms with Gasteiger partial charge in [-0.2, -0.15) is 0 Å². The van der Waals surface area contributed by atoms with Crippen molar-refractivity contribution in [1.82, 2.24) is 10.6 Å². The summed E-state index contributed by atoms with van der Waals surface area (Å²) in [4.78, 5) is 13.0. The number of ether oxygens (including phenoxy) is 1. The third-order valence-electron chi connectivity index (χ3n) is 3.09. The average Bonchev–Trinajstić information content (AvgIpc) is 2.45. The van der Waals surface area contributed by atoms with Gasteiger partial charge in [0.15, 0.2) is 0 Å². The first-order chi connectivity index (χ1) is 10.3. The molecule has 1 aromatic carbocycles. The molecular weight excluding hydrogens is 296 g/mol. The lowest BCUT2D eigenvalue weighted by atomic mass is 10.2. The fourth-order valence-electron chi connectivity index (χ4n) is 1.91. The van der Waals surface area contributed by atoms with Gasteiger partial charge in [0.2, 0.25) is 0 Å². The smallest absolute Gasteiger partial charge is 0.407 e. The Kier molecular flexibility index (Phi) is 7.76. The highest BCUT2D eigenvalue weighted by Crippen LogP contribution is 2.14. The van der Waals surface area contributed by atoms with E-state index >= 15 is 0 Å². The molecule has 0 saturated carbocycles. The van der Waals surface area contributed by atoms with Crippen molar-refractivity contribution in [3.05, 3.63) is 29.8 Å². The molecule has 2 N–H and O–H groups in total. The summed E-state index contributed by atoms with van der Waals surface area (Å²) in [6.45, 7) is 9.16. The Hall–Kier alpha value is -1.20. The summed E-state index contributed by atoms with van der Waals surface area (Å²) in [6, 6.07) is 8.57. The van der Waals surface area contributed by atoms with Crippen molar-refractivity contribution in [2.45, 2.75) is 57.2 Å². The maximum absolute atomic E-state index is 11.8. The minimum atomic E-state index is -0.463. The van der Waals surface area contributed by atoms with Crippen molar-refractivity contribution in [3.63, 3.8) is 0 Å². The van der Waals surface area contributed by atoms with Gasteiger partial charge in [-0.15, -0.1) is 11.8 Å². The summed E-state index contributed by atoms with van der Waals surface area (Å²) in [6.07, 6.45) is 2.57. The molecule has 0 aliphatic heterocycles. The largest absolute Gasteiger partial charge is 0.444 e. The molecule has 0 bridgehead atoms. The number of thioether (sulfide) groups is 1. The Morgan fingerprint density at radius 2 is 1.91 bits per heavy atom. The lowest BCUT2D eigenvalue weighted by Crippen LogP contribution is -2.43. The van der Waals surface area contributed by atoms with E-state index in [2.05, 4.69) is 48.1 Å². The summed E-state index contributed by atoms with van der Waals surface area (Å²) < 4.78 is 5.28. The van der Waals surface area contributed by atoms with Crippen LogP contribution in [0.4, 0.5) is 4.79 Å². The van der Waals surface area contributed by atoms with Crippen molar-refractivity contribution in [2.75, 3.05) is 12.8 Å². The van der Waals surface area contributed by atoms with E-state index in [1.807, 2.05) is 20.8 Å². The van der Waals surface area contributed by atoms with Crippen molar-refractivity contribution < 1.29 is 9.53 Å². The molecule has 0 heterocycles. The van der Waals surface area contributed by atoms with E-state index in [1.165, 1.54) is 10.5 Å². The van der Waals surface area contributed by atoms with Gasteiger partial charge < -0.3 is 15.4 Å². The summed E-state index contributed by atoms with van der Waals surface area (Å²) in [7, 11) is 0. The molecule has 124 valence electrons. The minimum Gasteiger partial charge on any atom is -0.444 e. The van der Waals surface area contributed by atoms with E-state index < -0.39 is 5.60 Å². The Balaban J connectivity index is 2.35. The van der Waals surface area contributed by atoms with Crippen molar-refractivity contribution in [2.24, 2.45) is 0 Å². The first kappa shape index (κ1) is 18.8. The van der Waals surface area contributed by atoms with E-state index in [-0.39, 0.29) is 12.1 Å². The zero-order chi connectivity index (χ0) is 16.6. The Labute approximate surface area is 138 Å². The van der Waals surface area contributed by atoms with Crippen LogP contribution in [-0.4, -0.2) is 30.5 Å². The van der Waals surface area contributed by atoms with Crippen LogP contribution in [0.1, 0.15) is 39.7 Å². The zero-order valence-corrected chi connectivity index (χ0v) is 15.0. The standard InChI is InChI=1S/C17H28N2O2S/c1-6-14(19-16(20)21-17(2,3)4)12-18-11-13-7-9-15(22-5)10-8-13/h7-10,14,18H,6,11-12H2,1-5H3,(H,19,20). The summed E-state index contributed by atoms with van der Waals surface area (Å²) in [5.74, 6) is 0. The van der Waals surface area contributed by atoms with Gasteiger partial charge in [0.25, 0.3) is 0 Å². The summed E-state index contributed by atoms with van der Waals surface area (Å²) in [5.41, 5.74) is 0.777. The monoisotopic (exact) mass is 324 g/mol. The van der Waals surface area contributed by atoms with Crippen LogP contribution in [0.25, 0.3) is 0 Å². The molecule has 0 fully saturated rings. The van der Waals surface area contributed by atoms with Gasteiger partial charge in [-0.25, -0.2) is 4.79 Å². The lowest BCUT2D eigenvalue weighted by Gasteiger charge is -2.23. The normalized spacial score (nSPS) is 12.8. The van der Waals surface area contributed by atoms with Gasteiger partial charge in [-0.1, -0.05) is 19.1 Å². The second kappa shape index (κ2) is 9.06. The number of hydrogen-bond acceptors (Lipinski definition) is 4. The average molecular weight is 324 g/mol. The molecule has 0 aliphatic carbocycles. The summed E-state index contributed by atoms with van der Waals surface area (Å²) in [5, 5.41) is 6.28. The van der Waals surface area contributed by atoms with Gasteiger partial charge in [0.1, 0.15) is 5.60 Å². The van der Waals surface area contributed by atoms with Gasteiger partial charge >= 0.3 is 6.09 Å². The molecule has 1 unspecified atom stereocenters. The SMILES string of the molecule is CCC(CNCc1ccc(SC)cc1)NC(=O)OC(C)(C)C. The lowest BCUT2D eigenvalue weighted by molar-refractivity contribution is 0.0502. The van der Waals surface area contributed by atoms with E-state index in [1.54, 1.807) is 11.8 Å². The maximum Gasteiger partial charge on any atom is 0.407 e. The van der Waals surface area contributed by atoms with Crippen LogP contribution < -0.4 is 10.6 Å². The Morgan fingerprint density at radius 1 is 1.27 bits per heavy atom. The number of carbonyl (C=O) groups excluding carboxylic acids is 1. The molecule has 0 spiro atoms. The Bertz CT molecular complexity index is 455. The van der Waals surface area contributed by atoms with Gasteiger partial charge in [-0.05, 0) is 51.1 Å². The highest BCUT2D eigenvalue weighted by Gasteiger charge is 2.18. The molecule has 1 atom stereocenters. The minimum absolute atomic E-state index is 0.0697. The van der Waals surface area contributed by atoms with E-state index in [4.69, 9.17) is 4.74 Å². The number of hydrogen-bond donors (Lipinski definition) is 2. The van der Waals surface area contributed by atoms with Crippen LogP contribution in [0.5, 0.6) is 0 Å². The van der Waals surface area contributed by atoms with E-state index in [0.717, 1.165) is 19.5 Å². The molecule has 22 heavy (non-hydrogen) atoms. The van der Waals surface area contributed by atoms with Crippen LogP contribution in [0.15, 0.2) is 29.2 Å². The molecule has 4 nitrogen and oxygen atoms in total. The van der Waals surface area contributed by atoms with Crippen LogP contribution in [-0.2, 0) is 11.3 Å². The maximum atomic E-state index is 11.8. The van der Waals surface area contributed by atoms with Crippen LogP contribution in [0.3, 0.4) is 0 Å². The third-order valence-corrected chi connectivity index (χ3v) is 3.84. The highest BCUT2D eigenvalue weighted by molar-refractivity contribution is 7.98. The van der Waals surface area contributed by atoms with E-state index in [9.17, 15) is 4.79 Å². The van der Waals surface area contributed by atoms with Gasteiger partial charge in [0.05, 0.1) is 0 Å². The molecule has 1 amide bonds. The number of amides is 1. The third kappa shape index (κ3) is 7.71. The zero-order valence-electron chi connectivity index (χ0n) is 14.2. The molecule has 0 aliphatic rings. The van der Waals surface area contributed by atoms with Crippen LogP contribution in [0.2, 0.25) is 0 Å². The molecule has 1 rings (SSSR count). The fourth-order valence-corrected chi connectivity index (χ4v) is 2.31. The molecule has 5 heteroatoms. The quantitative estimate of drug-likeness (QED) is 0.749. The highest BCUT2D eigenvalue weighted by atomic mass is 32.2. The van der Waals surface area contributed by atoms with Gasteiger partial charge in [0, 0.05) is 24.0 Å². The van der Waals surface area contributed by atoms with Gasteiger partial charge in [-0.3, -0.25) is 0 Å². The predicted molar refractivity (Wildman–Crippen MR) is 93.4 cm³/mol. The summed E-state index contributed by atoms with van der Waals surface area (Å²) >= 11 is 1.74. The number of nitrogens with one attached hydrogen (secondary N) is 2. The molecular formula is C17H28N2O2S. The van der Waals surface area contributed by atoms with Crippen molar-refractivity contribution in [1.29, 1.82) is 0 Å². The second-order valence-corrected chi connectivity index (χ2v) is 7.11. The number of alkyl carbamates (subject to hydrolysis) is 1. The topological polar surface area (TPSA) is 50.4 Å². The fraction of sp³-hybridized carbons (Fsp3) is 0.588.